The maximum absolute atomic E-state index is 12.2. The number of allylic oxidation sites excluding steroid dienone is 1. The molecular formula is C18H25NO3S. The van der Waals surface area contributed by atoms with Gasteiger partial charge in [-0.3, -0.25) is 0 Å². The normalized spacial score (nSPS) is 19.9. The molecule has 126 valence electrons. The molecule has 2 aliphatic rings. The lowest BCUT2D eigenvalue weighted by Crippen LogP contribution is -2.36. The second kappa shape index (κ2) is 6.65. The van der Waals surface area contributed by atoms with E-state index in [0.29, 0.717) is 5.92 Å². The van der Waals surface area contributed by atoms with E-state index in [9.17, 15) is 8.42 Å². The van der Waals surface area contributed by atoms with Crippen molar-refractivity contribution >= 4 is 10.0 Å². The molecule has 3 rings (SSSR count). The first-order valence-corrected chi connectivity index (χ1v) is 10.1. The number of sulfonamides is 1. The summed E-state index contributed by atoms with van der Waals surface area (Å²) in [6.45, 7) is 2.76. The topological polar surface area (TPSA) is 55.4 Å². The molecule has 0 saturated heterocycles. The number of hydrogen-bond acceptors (Lipinski definition) is 3. The van der Waals surface area contributed by atoms with Crippen molar-refractivity contribution in [1.29, 1.82) is 0 Å². The van der Waals surface area contributed by atoms with Crippen molar-refractivity contribution in [3.05, 3.63) is 42.0 Å². The van der Waals surface area contributed by atoms with Crippen LogP contribution in [-0.2, 0) is 15.6 Å². The van der Waals surface area contributed by atoms with Crippen LogP contribution >= 0.6 is 0 Å². The molecule has 0 atom stereocenters. The van der Waals surface area contributed by atoms with Gasteiger partial charge in [-0.2, -0.15) is 0 Å². The second-order valence-corrected chi connectivity index (χ2v) is 8.39. The Morgan fingerprint density at radius 2 is 2.09 bits per heavy atom. The lowest BCUT2D eigenvalue weighted by atomic mass is 10.1. The molecule has 2 saturated carbocycles. The van der Waals surface area contributed by atoms with E-state index in [4.69, 9.17) is 4.74 Å². The minimum absolute atomic E-state index is 0.0421. The highest BCUT2D eigenvalue weighted by Gasteiger charge is 2.47. The highest BCUT2D eigenvalue weighted by atomic mass is 32.2. The van der Waals surface area contributed by atoms with Gasteiger partial charge in [0.15, 0.2) is 0 Å². The van der Waals surface area contributed by atoms with Crippen molar-refractivity contribution < 1.29 is 13.2 Å². The molecule has 0 spiro atoms. The van der Waals surface area contributed by atoms with E-state index < -0.39 is 15.6 Å². The average molecular weight is 335 g/mol. The molecule has 1 aromatic rings. The second-order valence-electron chi connectivity index (χ2n) is 6.63. The average Bonchev–Trinajstić information content (AvgIpc) is 3.41. The molecule has 0 aromatic heterocycles. The predicted octanol–water partition coefficient (Wildman–Crippen LogP) is 3.35. The Morgan fingerprint density at radius 3 is 2.74 bits per heavy atom. The van der Waals surface area contributed by atoms with E-state index in [2.05, 4.69) is 4.72 Å². The van der Waals surface area contributed by atoms with Crippen LogP contribution in [0.5, 0.6) is 5.75 Å². The largest absolute Gasteiger partial charge is 0.493 e. The summed E-state index contributed by atoms with van der Waals surface area (Å²) >= 11 is 0. The maximum Gasteiger partial charge on any atom is 0.215 e. The zero-order valence-corrected chi connectivity index (χ0v) is 14.4. The highest BCUT2D eigenvalue weighted by molar-refractivity contribution is 7.89. The molecule has 2 aliphatic carbocycles. The monoisotopic (exact) mass is 335 g/mol. The zero-order valence-electron chi connectivity index (χ0n) is 13.6. The lowest BCUT2D eigenvalue weighted by molar-refractivity contribution is 0.299. The summed E-state index contributed by atoms with van der Waals surface area (Å²) in [6, 6.07) is 7.87. The summed E-state index contributed by atoms with van der Waals surface area (Å²) in [5, 5.41) is 0. The van der Waals surface area contributed by atoms with E-state index >= 15 is 0 Å². The van der Waals surface area contributed by atoms with E-state index in [1.807, 2.05) is 37.3 Å². The Kier molecular flexibility index (Phi) is 4.78. The minimum Gasteiger partial charge on any atom is -0.493 e. The van der Waals surface area contributed by atoms with Gasteiger partial charge >= 0.3 is 0 Å². The Balaban J connectivity index is 1.67. The lowest BCUT2D eigenvalue weighted by Gasteiger charge is -2.18. The molecule has 1 aromatic carbocycles. The standard InChI is InChI=1S/C18H25NO3S/c1-2-3-4-12-23(20,21)19-18(10-11-18)16-6-5-7-17(13-16)22-14-15-8-9-15/h3-7,13,15,19H,2,8-12,14H2,1H3/b4-3+. The SMILES string of the molecule is CC/C=C/CS(=O)(=O)NC1(c2cccc(OCC3CC3)c2)CC1. The molecule has 0 unspecified atom stereocenters. The molecule has 0 amide bonds. The fraction of sp³-hybridized carbons (Fsp3) is 0.556. The molecule has 1 N–H and O–H groups in total. The molecule has 0 bridgehead atoms. The summed E-state index contributed by atoms with van der Waals surface area (Å²) in [5.41, 5.74) is 0.575. The molecule has 2 fully saturated rings. The quantitative estimate of drug-likeness (QED) is 0.704. The van der Waals surface area contributed by atoms with Crippen LogP contribution in [0.15, 0.2) is 36.4 Å². The van der Waals surface area contributed by atoms with Crippen molar-refractivity contribution in [2.75, 3.05) is 12.4 Å². The van der Waals surface area contributed by atoms with Gasteiger partial charge in [-0.25, -0.2) is 13.1 Å². The number of nitrogens with one attached hydrogen (secondary N) is 1. The summed E-state index contributed by atoms with van der Waals surface area (Å²) in [6.07, 6.45) is 8.65. The Morgan fingerprint density at radius 1 is 1.30 bits per heavy atom. The number of rotatable bonds is 9. The van der Waals surface area contributed by atoms with Crippen LogP contribution < -0.4 is 9.46 Å². The Bertz CT molecular complexity index is 673. The van der Waals surface area contributed by atoms with Crippen molar-refractivity contribution in [3.8, 4) is 5.75 Å². The zero-order chi connectivity index (χ0) is 16.3. The maximum atomic E-state index is 12.2. The molecule has 4 nitrogen and oxygen atoms in total. The third-order valence-corrected chi connectivity index (χ3v) is 5.72. The van der Waals surface area contributed by atoms with Gasteiger partial charge in [0.05, 0.1) is 17.9 Å². The van der Waals surface area contributed by atoms with E-state index in [-0.39, 0.29) is 5.75 Å². The van der Waals surface area contributed by atoms with E-state index in [1.165, 1.54) is 12.8 Å². The van der Waals surface area contributed by atoms with Gasteiger partial charge in [-0.05, 0) is 55.7 Å². The van der Waals surface area contributed by atoms with Gasteiger partial charge in [0, 0.05) is 0 Å². The van der Waals surface area contributed by atoms with Crippen LogP contribution in [0.4, 0.5) is 0 Å². The van der Waals surface area contributed by atoms with Gasteiger partial charge in [-0.15, -0.1) is 0 Å². The number of ether oxygens (including phenoxy) is 1. The van der Waals surface area contributed by atoms with Gasteiger partial charge in [0.2, 0.25) is 10.0 Å². The first-order chi connectivity index (χ1) is 11.0. The number of benzene rings is 1. The smallest absolute Gasteiger partial charge is 0.215 e. The molecule has 0 heterocycles. The van der Waals surface area contributed by atoms with Crippen LogP contribution in [0.1, 0.15) is 44.6 Å². The van der Waals surface area contributed by atoms with Crippen LogP contribution in [0.2, 0.25) is 0 Å². The van der Waals surface area contributed by atoms with Crippen LogP contribution in [0.3, 0.4) is 0 Å². The third kappa shape index (κ3) is 4.58. The van der Waals surface area contributed by atoms with Crippen molar-refractivity contribution in [3.63, 3.8) is 0 Å². The highest BCUT2D eigenvalue weighted by Crippen LogP contribution is 2.47. The van der Waals surface area contributed by atoms with E-state index in [0.717, 1.165) is 37.2 Å². The van der Waals surface area contributed by atoms with Crippen LogP contribution in [-0.4, -0.2) is 20.8 Å². The minimum atomic E-state index is -3.30. The summed E-state index contributed by atoms with van der Waals surface area (Å²) in [4.78, 5) is 0. The molecule has 5 heteroatoms. The van der Waals surface area contributed by atoms with E-state index in [1.54, 1.807) is 6.08 Å². The molecule has 0 radical (unpaired) electrons. The number of hydrogen-bond donors (Lipinski definition) is 1. The fourth-order valence-electron chi connectivity index (χ4n) is 2.66. The Labute approximate surface area is 139 Å². The summed E-state index contributed by atoms with van der Waals surface area (Å²) in [5.74, 6) is 1.59. The van der Waals surface area contributed by atoms with Gasteiger partial charge < -0.3 is 4.74 Å². The molecule has 0 aliphatic heterocycles. The molecular weight excluding hydrogens is 310 g/mol. The van der Waals surface area contributed by atoms with Crippen LogP contribution in [0, 0.1) is 5.92 Å². The summed E-state index contributed by atoms with van der Waals surface area (Å²) in [7, 11) is -3.30. The van der Waals surface area contributed by atoms with Crippen molar-refractivity contribution in [2.45, 2.75) is 44.6 Å². The van der Waals surface area contributed by atoms with Gasteiger partial charge in [-0.1, -0.05) is 31.2 Å². The van der Waals surface area contributed by atoms with Crippen molar-refractivity contribution in [2.24, 2.45) is 5.92 Å². The Hall–Kier alpha value is -1.33. The van der Waals surface area contributed by atoms with Crippen LogP contribution in [0.25, 0.3) is 0 Å². The summed E-state index contributed by atoms with van der Waals surface area (Å²) < 4.78 is 33.2. The van der Waals surface area contributed by atoms with Crippen molar-refractivity contribution in [1.82, 2.24) is 4.72 Å². The van der Waals surface area contributed by atoms with Gasteiger partial charge in [0.25, 0.3) is 0 Å². The fourth-order valence-corrected chi connectivity index (χ4v) is 4.05. The predicted molar refractivity (Wildman–Crippen MR) is 91.9 cm³/mol. The third-order valence-electron chi connectivity index (χ3n) is 4.39. The molecule has 23 heavy (non-hydrogen) atoms. The van der Waals surface area contributed by atoms with Gasteiger partial charge in [0.1, 0.15) is 5.75 Å². The first-order valence-electron chi connectivity index (χ1n) is 8.43. The first kappa shape index (κ1) is 16.5.